The number of rotatable bonds is 2. The van der Waals surface area contributed by atoms with E-state index in [1.807, 2.05) is 6.33 Å². The number of hydrogen-bond donors (Lipinski definition) is 0. The van der Waals surface area contributed by atoms with Gasteiger partial charge in [0.2, 0.25) is 0 Å². The van der Waals surface area contributed by atoms with Crippen LogP contribution in [0.15, 0.2) is 6.33 Å². The average Bonchev–Trinajstić information content (AvgIpc) is 2.74. The smallest absolute Gasteiger partial charge is 0.136 e. The van der Waals surface area contributed by atoms with E-state index in [4.69, 9.17) is 0 Å². The summed E-state index contributed by atoms with van der Waals surface area (Å²) in [6, 6.07) is 0.491. The van der Waals surface area contributed by atoms with Crippen molar-refractivity contribution in [3.05, 3.63) is 12.2 Å². The minimum absolute atomic E-state index is 0.491. The van der Waals surface area contributed by atoms with E-state index in [0.29, 0.717) is 12.0 Å². The van der Waals surface area contributed by atoms with Gasteiger partial charge in [0.25, 0.3) is 0 Å². The number of nitrogens with zero attached hydrogens (tertiary/aromatic N) is 3. The van der Waals surface area contributed by atoms with E-state index in [1.54, 1.807) is 0 Å². The zero-order valence-corrected chi connectivity index (χ0v) is 8.40. The van der Waals surface area contributed by atoms with E-state index >= 15 is 0 Å². The molecule has 0 unspecified atom stereocenters. The molecule has 1 fully saturated rings. The lowest BCUT2D eigenvalue weighted by atomic mass is 10.1. The van der Waals surface area contributed by atoms with Crippen LogP contribution in [-0.2, 0) is 0 Å². The molecule has 0 amide bonds. The molecule has 0 spiro atoms. The third kappa shape index (κ3) is 1.60. The molecule has 3 nitrogen and oxygen atoms in total. The molecule has 72 valence electrons. The van der Waals surface area contributed by atoms with Crippen LogP contribution in [0.3, 0.4) is 0 Å². The number of aromatic nitrogens is 3. The Labute approximate surface area is 79.2 Å². The minimum atomic E-state index is 0.491. The second-order valence-electron chi connectivity index (χ2n) is 4.17. The number of hydrogen-bond acceptors (Lipinski definition) is 2. The van der Waals surface area contributed by atoms with E-state index in [2.05, 4.69) is 28.6 Å². The first-order chi connectivity index (χ1) is 6.29. The van der Waals surface area contributed by atoms with Crippen LogP contribution in [0.1, 0.15) is 57.3 Å². The highest BCUT2D eigenvalue weighted by atomic mass is 15.3. The minimum Gasteiger partial charge on any atom is -0.315 e. The van der Waals surface area contributed by atoms with Crippen molar-refractivity contribution in [3.63, 3.8) is 0 Å². The second kappa shape index (κ2) is 3.48. The largest absolute Gasteiger partial charge is 0.315 e. The molecule has 0 saturated heterocycles. The van der Waals surface area contributed by atoms with Crippen molar-refractivity contribution in [2.24, 2.45) is 0 Å². The van der Waals surface area contributed by atoms with Crippen molar-refractivity contribution < 1.29 is 0 Å². The zero-order chi connectivity index (χ0) is 9.26. The van der Waals surface area contributed by atoms with Gasteiger partial charge in [-0.1, -0.05) is 12.8 Å². The molecule has 1 aliphatic carbocycles. The highest BCUT2D eigenvalue weighted by molar-refractivity contribution is 4.99. The average molecular weight is 179 g/mol. The van der Waals surface area contributed by atoms with E-state index in [-0.39, 0.29) is 0 Å². The predicted octanol–water partition coefficient (Wildman–Crippen LogP) is 2.52. The summed E-state index contributed by atoms with van der Waals surface area (Å²) in [5.74, 6) is 1.87. The monoisotopic (exact) mass is 179 g/mol. The molecule has 0 radical (unpaired) electrons. The van der Waals surface area contributed by atoms with E-state index < -0.39 is 0 Å². The lowest BCUT2D eigenvalue weighted by molar-refractivity contribution is 0.528. The van der Waals surface area contributed by atoms with Gasteiger partial charge in [-0.3, -0.25) is 0 Å². The van der Waals surface area contributed by atoms with Crippen LogP contribution >= 0.6 is 0 Å². The predicted molar refractivity (Wildman–Crippen MR) is 51.6 cm³/mol. The molecular weight excluding hydrogens is 162 g/mol. The van der Waals surface area contributed by atoms with Crippen molar-refractivity contribution >= 4 is 0 Å². The Morgan fingerprint density at radius 2 is 2.08 bits per heavy atom. The van der Waals surface area contributed by atoms with Crippen LogP contribution in [0.4, 0.5) is 0 Å². The van der Waals surface area contributed by atoms with Crippen molar-refractivity contribution in [1.29, 1.82) is 0 Å². The fourth-order valence-corrected chi connectivity index (χ4v) is 2.13. The summed E-state index contributed by atoms with van der Waals surface area (Å²) in [7, 11) is 0. The molecule has 1 saturated carbocycles. The Bertz CT molecular complexity index is 271. The highest BCUT2D eigenvalue weighted by Gasteiger charge is 2.22. The first-order valence-corrected chi connectivity index (χ1v) is 5.18. The maximum absolute atomic E-state index is 4.23. The molecule has 0 aliphatic heterocycles. The van der Waals surface area contributed by atoms with Crippen LogP contribution < -0.4 is 0 Å². The fourth-order valence-electron chi connectivity index (χ4n) is 2.13. The van der Waals surface area contributed by atoms with Crippen molar-refractivity contribution in [2.45, 2.75) is 51.5 Å². The third-order valence-corrected chi connectivity index (χ3v) is 2.88. The molecule has 13 heavy (non-hydrogen) atoms. The SMILES string of the molecule is CC(C)n1cnnc1C1CCCC1. The first-order valence-electron chi connectivity index (χ1n) is 5.18. The topological polar surface area (TPSA) is 30.7 Å². The van der Waals surface area contributed by atoms with Gasteiger partial charge in [-0.05, 0) is 26.7 Å². The zero-order valence-electron chi connectivity index (χ0n) is 8.40. The summed E-state index contributed by atoms with van der Waals surface area (Å²) >= 11 is 0. The maximum atomic E-state index is 4.23. The fraction of sp³-hybridized carbons (Fsp3) is 0.800. The molecule has 0 bridgehead atoms. The summed E-state index contributed by atoms with van der Waals surface area (Å²) in [6.45, 7) is 4.36. The lowest BCUT2D eigenvalue weighted by Crippen LogP contribution is -2.08. The van der Waals surface area contributed by atoms with Gasteiger partial charge < -0.3 is 4.57 Å². The van der Waals surface area contributed by atoms with Crippen LogP contribution in [0, 0.1) is 0 Å². The van der Waals surface area contributed by atoms with E-state index in [9.17, 15) is 0 Å². The summed E-state index contributed by atoms with van der Waals surface area (Å²) < 4.78 is 2.20. The Balaban J connectivity index is 2.23. The molecular formula is C10H17N3. The van der Waals surface area contributed by atoms with Gasteiger partial charge in [0.1, 0.15) is 12.2 Å². The highest BCUT2D eigenvalue weighted by Crippen LogP contribution is 2.33. The molecule has 1 aliphatic rings. The summed E-state index contributed by atoms with van der Waals surface area (Å²) in [5.41, 5.74) is 0. The third-order valence-electron chi connectivity index (χ3n) is 2.88. The summed E-state index contributed by atoms with van der Waals surface area (Å²) in [5, 5.41) is 8.23. The molecule has 0 atom stereocenters. The lowest BCUT2D eigenvalue weighted by Gasteiger charge is -2.13. The first kappa shape index (κ1) is 8.73. The van der Waals surface area contributed by atoms with Gasteiger partial charge in [0, 0.05) is 12.0 Å². The van der Waals surface area contributed by atoms with Crippen LogP contribution in [0.5, 0.6) is 0 Å². The molecule has 2 rings (SSSR count). The molecule has 0 aromatic carbocycles. The van der Waals surface area contributed by atoms with Crippen molar-refractivity contribution in [3.8, 4) is 0 Å². The summed E-state index contributed by atoms with van der Waals surface area (Å²) in [6.07, 6.45) is 7.17. The van der Waals surface area contributed by atoms with Gasteiger partial charge in [-0.25, -0.2) is 0 Å². The van der Waals surface area contributed by atoms with Gasteiger partial charge in [0.05, 0.1) is 0 Å². The normalized spacial score (nSPS) is 18.7. The second-order valence-corrected chi connectivity index (χ2v) is 4.17. The maximum Gasteiger partial charge on any atom is 0.136 e. The Hall–Kier alpha value is -0.860. The van der Waals surface area contributed by atoms with Gasteiger partial charge >= 0.3 is 0 Å². The molecule has 1 aromatic heterocycles. The van der Waals surface area contributed by atoms with Gasteiger partial charge in [-0.15, -0.1) is 10.2 Å². The standard InChI is InChI=1S/C10H17N3/c1-8(2)13-7-11-12-10(13)9-5-3-4-6-9/h7-9H,3-6H2,1-2H3. The van der Waals surface area contributed by atoms with Crippen LogP contribution in [0.2, 0.25) is 0 Å². The van der Waals surface area contributed by atoms with Crippen molar-refractivity contribution in [2.75, 3.05) is 0 Å². The van der Waals surface area contributed by atoms with E-state index in [0.717, 1.165) is 0 Å². The van der Waals surface area contributed by atoms with Crippen LogP contribution in [-0.4, -0.2) is 14.8 Å². The molecule has 0 N–H and O–H groups in total. The van der Waals surface area contributed by atoms with Gasteiger partial charge in [0.15, 0.2) is 0 Å². The van der Waals surface area contributed by atoms with Crippen molar-refractivity contribution in [1.82, 2.24) is 14.8 Å². The Morgan fingerprint density at radius 3 is 2.69 bits per heavy atom. The molecule has 3 heteroatoms. The Kier molecular flexibility index (Phi) is 2.34. The molecule has 1 aromatic rings. The Morgan fingerprint density at radius 1 is 1.38 bits per heavy atom. The molecule has 1 heterocycles. The van der Waals surface area contributed by atoms with Gasteiger partial charge in [-0.2, -0.15) is 0 Å². The van der Waals surface area contributed by atoms with Crippen LogP contribution in [0.25, 0.3) is 0 Å². The van der Waals surface area contributed by atoms with E-state index in [1.165, 1.54) is 31.5 Å². The quantitative estimate of drug-likeness (QED) is 0.698. The summed E-state index contributed by atoms with van der Waals surface area (Å²) in [4.78, 5) is 0.